The summed E-state index contributed by atoms with van der Waals surface area (Å²) >= 11 is 0. The molecule has 0 aromatic carbocycles. The molecule has 13 heteroatoms. The topological polar surface area (TPSA) is 89.4 Å². The van der Waals surface area contributed by atoms with Crippen LogP contribution < -0.4 is 5.32 Å². The molecule has 0 unspecified atom stereocenters. The highest BCUT2D eigenvalue weighted by atomic mass is 19.4. The lowest BCUT2D eigenvalue weighted by Crippen LogP contribution is -2.10. The Balaban J connectivity index is 1.70. The SMILES string of the molecule is FC(F)(F)c1cnc(Nc2ccnc3nc(-c4nnccc4C(F)(F)F)ccc23)nc1. The Hall–Kier alpha value is -3.90. The molecule has 158 valence electrons. The van der Waals surface area contributed by atoms with Crippen molar-refractivity contribution in [2.45, 2.75) is 12.4 Å². The average molecular weight is 437 g/mol. The van der Waals surface area contributed by atoms with Crippen molar-refractivity contribution >= 4 is 22.7 Å². The number of rotatable bonds is 3. The van der Waals surface area contributed by atoms with Crippen LogP contribution in [0.15, 0.2) is 49.1 Å². The standard InChI is InChI=1S/C18H9F6N7/c19-17(20,21)9-7-26-16(27-8-9)30-12-4-5-25-15-10(12)1-2-13(29-15)14-11(18(22,23)24)3-6-28-31-14/h1-8H,(H,25,26,27,29,30). The quantitative estimate of drug-likeness (QED) is 0.467. The number of hydrogen-bond acceptors (Lipinski definition) is 7. The molecule has 0 radical (unpaired) electrons. The van der Waals surface area contributed by atoms with E-state index in [1.807, 2.05) is 0 Å². The summed E-state index contributed by atoms with van der Waals surface area (Å²) in [6.07, 6.45) is -5.72. The van der Waals surface area contributed by atoms with Gasteiger partial charge < -0.3 is 5.32 Å². The van der Waals surface area contributed by atoms with Crippen molar-refractivity contribution in [3.63, 3.8) is 0 Å². The normalized spacial score (nSPS) is 12.2. The van der Waals surface area contributed by atoms with Gasteiger partial charge in [-0.2, -0.15) is 31.4 Å². The predicted octanol–water partition coefficient (Wildman–Crippen LogP) is 4.66. The molecule has 4 aromatic heterocycles. The van der Waals surface area contributed by atoms with Gasteiger partial charge >= 0.3 is 12.4 Å². The van der Waals surface area contributed by atoms with Crippen molar-refractivity contribution in [2.75, 3.05) is 5.32 Å². The zero-order valence-electron chi connectivity index (χ0n) is 15.1. The first-order valence-corrected chi connectivity index (χ1v) is 8.44. The summed E-state index contributed by atoms with van der Waals surface area (Å²) in [7, 11) is 0. The molecule has 0 saturated carbocycles. The van der Waals surface area contributed by atoms with Gasteiger partial charge in [-0.3, -0.25) is 0 Å². The first kappa shape index (κ1) is 20.4. The van der Waals surface area contributed by atoms with E-state index in [0.29, 0.717) is 23.5 Å². The van der Waals surface area contributed by atoms with Crippen LogP contribution in [0.3, 0.4) is 0 Å². The molecule has 0 spiro atoms. The fraction of sp³-hybridized carbons (Fsp3) is 0.111. The third kappa shape index (κ3) is 4.20. The van der Waals surface area contributed by atoms with Crippen LogP contribution in [0.4, 0.5) is 38.0 Å². The van der Waals surface area contributed by atoms with E-state index in [9.17, 15) is 26.3 Å². The third-order valence-corrected chi connectivity index (χ3v) is 4.10. The Morgan fingerprint density at radius 1 is 0.774 bits per heavy atom. The van der Waals surface area contributed by atoms with Gasteiger partial charge in [0.2, 0.25) is 5.95 Å². The van der Waals surface area contributed by atoms with E-state index in [1.165, 1.54) is 24.4 Å². The molecule has 0 bridgehead atoms. The largest absolute Gasteiger partial charge is 0.419 e. The maximum Gasteiger partial charge on any atom is 0.419 e. The summed E-state index contributed by atoms with van der Waals surface area (Å²) in [5, 5.41) is 10.2. The number of alkyl halides is 6. The minimum Gasteiger partial charge on any atom is -0.323 e. The van der Waals surface area contributed by atoms with Gasteiger partial charge in [0.25, 0.3) is 0 Å². The average Bonchev–Trinajstić information content (AvgIpc) is 2.73. The second-order valence-electron chi connectivity index (χ2n) is 6.14. The number of halogens is 6. The van der Waals surface area contributed by atoms with Gasteiger partial charge in [0.05, 0.1) is 28.7 Å². The van der Waals surface area contributed by atoms with Gasteiger partial charge in [-0.15, -0.1) is 5.10 Å². The minimum absolute atomic E-state index is 0.0770. The van der Waals surface area contributed by atoms with Crippen molar-refractivity contribution in [2.24, 2.45) is 0 Å². The van der Waals surface area contributed by atoms with E-state index >= 15 is 0 Å². The smallest absolute Gasteiger partial charge is 0.323 e. The maximum absolute atomic E-state index is 13.3. The summed E-state index contributed by atoms with van der Waals surface area (Å²) in [5.41, 5.74) is -2.13. The van der Waals surface area contributed by atoms with Crippen molar-refractivity contribution in [1.29, 1.82) is 0 Å². The number of aromatic nitrogens is 6. The molecule has 0 atom stereocenters. The van der Waals surface area contributed by atoms with Gasteiger partial charge in [0.1, 0.15) is 5.69 Å². The lowest BCUT2D eigenvalue weighted by molar-refractivity contribution is -0.138. The first-order valence-electron chi connectivity index (χ1n) is 8.44. The second kappa shape index (κ2) is 7.41. The monoisotopic (exact) mass is 437 g/mol. The molecule has 0 aliphatic rings. The zero-order chi connectivity index (χ0) is 22.2. The van der Waals surface area contributed by atoms with Crippen molar-refractivity contribution in [3.8, 4) is 11.4 Å². The minimum atomic E-state index is -4.65. The second-order valence-corrected chi connectivity index (χ2v) is 6.14. The van der Waals surface area contributed by atoms with E-state index in [1.54, 1.807) is 0 Å². The number of pyridine rings is 2. The van der Waals surface area contributed by atoms with Gasteiger partial charge in [-0.25, -0.2) is 19.9 Å². The molecule has 7 nitrogen and oxygen atoms in total. The Bertz CT molecular complexity index is 1240. The molecule has 0 fully saturated rings. The first-order chi connectivity index (χ1) is 14.6. The summed E-state index contributed by atoms with van der Waals surface area (Å²) < 4.78 is 77.7. The van der Waals surface area contributed by atoms with Gasteiger partial charge in [0, 0.05) is 24.0 Å². The van der Waals surface area contributed by atoms with Crippen LogP contribution in [-0.2, 0) is 12.4 Å². The summed E-state index contributed by atoms with van der Waals surface area (Å²) in [4.78, 5) is 15.4. The van der Waals surface area contributed by atoms with Crippen molar-refractivity contribution in [1.82, 2.24) is 30.1 Å². The van der Waals surface area contributed by atoms with Crippen LogP contribution in [0.2, 0.25) is 0 Å². The van der Waals surface area contributed by atoms with Crippen LogP contribution in [0.25, 0.3) is 22.4 Å². The molecule has 4 rings (SSSR count). The molecule has 0 aliphatic carbocycles. The molecule has 31 heavy (non-hydrogen) atoms. The molecule has 4 heterocycles. The van der Waals surface area contributed by atoms with Crippen LogP contribution in [0.5, 0.6) is 0 Å². The summed E-state index contributed by atoms with van der Waals surface area (Å²) in [6.45, 7) is 0. The Labute approximate surface area is 169 Å². The lowest BCUT2D eigenvalue weighted by atomic mass is 10.1. The predicted molar refractivity (Wildman–Crippen MR) is 95.9 cm³/mol. The number of hydrogen-bond donors (Lipinski definition) is 1. The number of fused-ring (bicyclic) bond motifs is 1. The summed E-state index contributed by atoms with van der Waals surface area (Å²) in [6, 6.07) is 5.05. The fourth-order valence-corrected chi connectivity index (χ4v) is 2.68. The third-order valence-electron chi connectivity index (χ3n) is 4.10. The summed E-state index contributed by atoms with van der Waals surface area (Å²) in [5.74, 6) is -0.113. The van der Waals surface area contributed by atoms with E-state index in [0.717, 1.165) is 12.3 Å². The zero-order valence-corrected chi connectivity index (χ0v) is 15.1. The maximum atomic E-state index is 13.3. The van der Waals surface area contributed by atoms with Crippen LogP contribution >= 0.6 is 0 Å². The molecule has 0 aliphatic heterocycles. The Morgan fingerprint density at radius 2 is 1.52 bits per heavy atom. The van der Waals surface area contributed by atoms with Crippen LogP contribution in [0.1, 0.15) is 11.1 Å². The van der Waals surface area contributed by atoms with Crippen LogP contribution in [-0.4, -0.2) is 30.1 Å². The number of anilines is 2. The van der Waals surface area contributed by atoms with E-state index in [4.69, 9.17) is 0 Å². The molecule has 0 saturated heterocycles. The van der Waals surface area contributed by atoms with Crippen molar-refractivity contribution < 1.29 is 26.3 Å². The van der Waals surface area contributed by atoms with Gasteiger partial charge in [-0.1, -0.05) is 0 Å². The van der Waals surface area contributed by atoms with E-state index in [-0.39, 0.29) is 17.3 Å². The highest BCUT2D eigenvalue weighted by Crippen LogP contribution is 2.35. The van der Waals surface area contributed by atoms with Crippen molar-refractivity contribution in [3.05, 3.63) is 60.2 Å². The number of nitrogens with one attached hydrogen (secondary N) is 1. The van der Waals surface area contributed by atoms with Crippen LogP contribution in [0, 0.1) is 0 Å². The molecule has 0 amide bonds. The highest BCUT2D eigenvalue weighted by Gasteiger charge is 2.35. The van der Waals surface area contributed by atoms with Gasteiger partial charge in [-0.05, 0) is 24.3 Å². The highest BCUT2D eigenvalue weighted by molar-refractivity contribution is 5.91. The Morgan fingerprint density at radius 3 is 2.19 bits per heavy atom. The molecule has 1 N–H and O–H groups in total. The molecular formula is C18H9F6N7. The lowest BCUT2D eigenvalue weighted by Gasteiger charge is -2.12. The fourth-order valence-electron chi connectivity index (χ4n) is 2.68. The van der Waals surface area contributed by atoms with Gasteiger partial charge in [0.15, 0.2) is 5.65 Å². The van der Waals surface area contributed by atoms with E-state index in [2.05, 4.69) is 35.5 Å². The van der Waals surface area contributed by atoms with E-state index < -0.39 is 29.2 Å². The molecular weight excluding hydrogens is 428 g/mol. The number of nitrogens with zero attached hydrogens (tertiary/aromatic N) is 6. The molecule has 4 aromatic rings. The Kier molecular flexibility index (Phi) is 4.87.